The van der Waals surface area contributed by atoms with Gasteiger partial charge in [-0.2, -0.15) is 0 Å². The zero-order chi connectivity index (χ0) is 18.0. The highest BCUT2D eigenvalue weighted by atomic mass is 16.3. The van der Waals surface area contributed by atoms with Crippen LogP contribution in [0.3, 0.4) is 0 Å². The molecule has 2 aliphatic rings. The minimum atomic E-state index is -0.370. The maximum atomic E-state index is 9.51. The summed E-state index contributed by atoms with van der Waals surface area (Å²) in [6.45, 7) is 0.0985. The van der Waals surface area contributed by atoms with Crippen LogP contribution in [0.2, 0.25) is 0 Å². The van der Waals surface area contributed by atoms with Gasteiger partial charge in [-0.05, 0) is 79.5 Å². The lowest BCUT2D eigenvalue weighted by Crippen LogP contribution is -2.40. The molecule has 2 aromatic rings. The molecule has 4 heteroatoms. The number of hydrogen-bond donors (Lipinski definition) is 2. The zero-order valence-electron chi connectivity index (χ0n) is 15.4. The summed E-state index contributed by atoms with van der Waals surface area (Å²) in [5.41, 5.74) is 10.3. The van der Waals surface area contributed by atoms with Crippen molar-refractivity contribution in [1.29, 1.82) is 0 Å². The Morgan fingerprint density at radius 1 is 1.15 bits per heavy atom. The molecule has 0 amide bonds. The third kappa shape index (κ3) is 3.81. The number of fused-ring (bicyclic) bond motifs is 1. The average Bonchev–Trinajstić information content (AvgIpc) is 3.09. The van der Waals surface area contributed by atoms with Gasteiger partial charge < -0.3 is 10.8 Å². The SMILES string of the molecule is N[C@]1(CO)CC[C@H](c2ccc3c(c2)CCC(CCc2ncccn2)C3)C1. The van der Waals surface area contributed by atoms with Crippen molar-refractivity contribution in [2.45, 2.75) is 62.8 Å². The predicted molar refractivity (Wildman–Crippen MR) is 103 cm³/mol. The molecule has 1 aromatic carbocycles. The molecule has 1 heterocycles. The van der Waals surface area contributed by atoms with Crippen molar-refractivity contribution in [1.82, 2.24) is 9.97 Å². The van der Waals surface area contributed by atoms with Gasteiger partial charge in [0.25, 0.3) is 0 Å². The van der Waals surface area contributed by atoms with Crippen molar-refractivity contribution in [3.05, 3.63) is 59.2 Å². The molecule has 0 radical (unpaired) electrons. The van der Waals surface area contributed by atoms with Crippen molar-refractivity contribution >= 4 is 0 Å². The van der Waals surface area contributed by atoms with Gasteiger partial charge in [-0.3, -0.25) is 0 Å². The van der Waals surface area contributed by atoms with Crippen molar-refractivity contribution in [2.24, 2.45) is 11.7 Å². The minimum absolute atomic E-state index is 0.0985. The van der Waals surface area contributed by atoms with Gasteiger partial charge in [-0.1, -0.05) is 18.2 Å². The van der Waals surface area contributed by atoms with Gasteiger partial charge >= 0.3 is 0 Å². The lowest BCUT2D eigenvalue weighted by atomic mass is 9.80. The molecular weight excluding hydrogens is 322 g/mol. The zero-order valence-corrected chi connectivity index (χ0v) is 15.4. The Morgan fingerprint density at radius 3 is 2.77 bits per heavy atom. The standard InChI is InChI=1S/C22H29N3O/c23-22(15-26)9-8-20(14-22)19-6-5-17-12-16(2-4-18(17)13-19)3-7-21-24-10-1-11-25-21/h1,5-6,10-11,13,16,20,26H,2-4,7-9,12,14-15,23H2/t16?,20-,22+/m0/s1. The first kappa shape index (κ1) is 17.6. The number of aliphatic hydroxyl groups is 1. The fourth-order valence-electron chi connectivity index (χ4n) is 4.73. The van der Waals surface area contributed by atoms with E-state index in [1.165, 1.54) is 42.4 Å². The summed E-state index contributed by atoms with van der Waals surface area (Å²) in [5, 5.41) is 9.51. The number of aromatic nitrogens is 2. The molecule has 0 bridgehead atoms. The van der Waals surface area contributed by atoms with Crippen LogP contribution in [0.1, 0.15) is 60.5 Å². The number of rotatable bonds is 5. The van der Waals surface area contributed by atoms with Gasteiger partial charge in [0.05, 0.1) is 6.61 Å². The number of aliphatic hydroxyl groups excluding tert-OH is 1. The van der Waals surface area contributed by atoms with E-state index >= 15 is 0 Å². The molecule has 1 unspecified atom stereocenters. The predicted octanol–water partition coefficient (Wildman–Crippen LogP) is 3.17. The summed E-state index contributed by atoms with van der Waals surface area (Å²) in [4.78, 5) is 8.69. The maximum Gasteiger partial charge on any atom is 0.128 e. The molecule has 0 aliphatic heterocycles. The van der Waals surface area contributed by atoms with E-state index in [0.29, 0.717) is 5.92 Å². The van der Waals surface area contributed by atoms with Crippen molar-refractivity contribution in [3.63, 3.8) is 0 Å². The van der Waals surface area contributed by atoms with Crippen molar-refractivity contribution < 1.29 is 5.11 Å². The Balaban J connectivity index is 1.38. The van der Waals surface area contributed by atoms with E-state index in [9.17, 15) is 5.11 Å². The van der Waals surface area contributed by atoms with Crippen LogP contribution in [-0.2, 0) is 19.3 Å². The quantitative estimate of drug-likeness (QED) is 0.868. The summed E-state index contributed by atoms with van der Waals surface area (Å²) in [7, 11) is 0. The molecule has 3 N–H and O–H groups in total. The third-order valence-electron chi connectivity index (χ3n) is 6.39. The van der Waals surface area contributed by atoms with E-state index in [2.05, 4.69) is 28.2 Å². The van der Waals surface area contributed by atoms with Gasteiger partial charge in [0.1, 0.15) is 5.82 Å². The largest absolute Gasteiger partial charge is 0.394 e. The fraction of sp³-hybridized carbons (Fsp3) is 0.545. The lowest BCUT2D eigenvalue weighted by molar-refractivity contribution is 0.198. The van der Waals surface area contributed by atoms with Gasteiger partial charge in [-0.15, -0.1) is 0 Å². The Hall–Kier alpha value is -1.78. The summed E-state index contributed by atoms with van der Waals surface area (Å²) in [6, 6.07) is 8.93. The van der Waals surface area contributed by atoms with Crippen molar-refractivity contribution in [3.8, 4) is 0 Å². The molecule has 0 saturated heterocycles. The molecular formula is C22H29N3O. The lowest BCUT2D eigenvalue weighted by Gasteiger charge is -2.26. The van der Waals surface area contributed by atoms with E-state index in [4.69, 9.17) is 5.73 Å². The molecule has 1 saturated carbocycles. The molecule has 2 aliphatic carbocycles. The number of benzene rings is 1. The molecule has 0 spiro atoms. The number of nitrogens with zero attached hydrogens (tertiary/aromatic N) is 2. The second kappa shape index (κ2) is 7.45. The van der Waals surface area contributed by atoms with E-state index in [0.717, 1.165) is 37.4 Å². The first-order valence-corrected chi connectivity index (χ1v) is 9.92. The normalized spacial score (nSPS) is 28.1. The van der Waals surface area contributed by atoms with Crippen LogP contribution in [0.15, 0.2) is 36.7 Å². The molecule has 26 heavy (non-hydrogen) atoms. The molecule has 4 rings (SSSR count). The Kier molecular flexibility index (Phi) is 5.05. The molecule has 1 aromatic heterocycles. The van der Waals surface area contributed by atoms with Gasteiger partial charge in [0.15, 0.2) is 0 Å². The van der Waals surface area contributed by atoms with E-state index in [-0.39, 0.29) is 12.1 Å². The van der Waals surface area contributed by atoms with Crippen LogP contribution < -0.4 is 5.73 Å². The van der Waals surface area contributed by atoms with E-state index in [1.807, 2.05) is 18.5 Å². The Morgan fingerprint density at radius 2 is 2.00 bits per heavy atom. The molecule has 3 atom stereocenters. The van der Waals surface area contributed by atoms with Crippen LogP contribution in [0.5, 0.6) is 0 Å². The highest BCUT2D eigenvalue weighted by Crippen LogP contribution is 2.40. The highest BCUT2D eigenvalue weighted by Gasteiger charge is 2.36. The van der Waals surface area contributed by atoms with Crippen LogP contribution in [0.4, 0.5) is 0 Å². The Labute approximate surface area is 155 Å². The smallest absolute Gasteiger partial charge is 0.128 e. The van der Waals surface area contributed by atoms with E-state index in [1.54, 1.807) is 0 Å². The third-order valence-corrected chi connectivity index (χ3v) is 6.39. The fourth-order valence-corrected chi connectivity index (χ4v) is 4.73. The number of nitrogens with two attached hydrogens (primary N) is 1. The second-order valence-corrected chi connectivity index (χ2v) is 8.30. The summed E-state index contributed by atoms with van der Waals surface area (Å²) >= 11 is 0. The number of aryl methyl sites for hydroxylation is 2. The Bertz CT molecular complexity index is 748. The van der Waals surface area contributed by atoms with E-state index < -0.39 is 0 Å². The average molecular weight is 351 g/mol. The summed E-state index contributed by atoms with van der Waals surface area (Å²) < 4.78 is 0. The summed E-state index contributed by atoms with van der Waals surface area (Å²) in [5.74, 6) is 2.20. The van der Waals surface area contributed by atoms with Crippen LogP contribution in [0.25, 0.3) is 0 Å². The van der Waals surface area contributed by atoms with Gasteiger partial charge in [0, 0.05) is 24.4 Å². The summed E-state index contributed by atoms with van der Waals surface area (Å²) in [6.07, 6.45) is 12.3. The molecule has 4 nitrogen and oxygen atoms in total. The monoisotopic (exact) mass is 351 g/mol. The molecule has 1 fully saturated rings. The van der Waals surface area contributed by atoms with Gasteiger partial charge in [-0.25, -0.2) is 9.97 Å². The van der Waals surface area contributed by atoms with Crippen LogP contribution in [0, 0.1) is 5.92 Å². The first-order chi connectivity index (χ1) is 12.6. The topological polar surface area (TPSA) is 72.0 Å². The minimum Gasteiger partial charge on any atom is -0.394 e. The maximum absolute atomic E-state index is 9.51. The van der Waals surface area contributed by atoms with Crippen LogP contribution >= 0.6 is 0 Å². The van der Waals surface area contributed by atoms with Gasteiger partial charge in [0.2, 0.25) is 0 Å². The van der Waals surface area contributed by atoms with Crippen LogP contribution in [-0.4, -0.2) is 27.2 Å². The highest BCUT2D eigenvalue weighted by molar-refractivity contribution is 5.36. The second-order valence-electron chi connectivity index (χ2n) is 8.30. The number of hydrogen-bond acceptors (Lipinski definition) is 4. The van der Waals surface area contributed by atoms with Crippen molar-refractivity contribution in [2.75, 3.05) is 6.61 Å². The first-order valence-electron chi connectivity index (χ1n) is 9.92. The molecule has 138 valence electrons.